The highest BCUT2D eigenvalue weighted by Gasteiger charge is 2.20. The summed E-state index contributed by atoms with van der Waals surface area (Å²) in [7, 11) is 0. The van der Waals surface area contributed by atoms with Gasteiger partial charge in [0.25, 0.3) is 0 Å². The van der Waals surface area contributed by atoms with E-state index in [2.05, 4.69) is 13.8 Å². The number of para-hydroxylation sites is 3. The first-order valence-corrected chi connectivity index (χ1v) is 9.47. The number of imidazole rings is 1. The molecule has 1 aromatic heterocycles. The van der Waals surface area contributed by atoms with E-state index in [4.69, 9.17) is 14.5 Å². The fourth-order valence-electron chi connectivity index (χ4n) is 3.06. The molecule has 0 fully saturated rings. The Kier molecular flexibility index (Phi) is 6.48. The maximum Gasteiger partial charge on any atom is 0.153 e. The molecule has 2 atom stereocenters. The average Bonchev–Trinajstić information content (AvgIpc) is 3.01. The second kappa shape index (κ2) is 9.02. The molecule has 3 aromatic rings. The van der Waals surface area contributed by atoms with E-state index in [9.17, 15) is 5.11 Å². The molecule has 2 unspecified atom stereocenters. The Balaban J connectivity index is 1.81. The molecule has 1 heterocycles. The first kappa shape index (κ1) is 19.4. The van der Waals surface area contributed by atoms with Crippen LogP contribution in [0.5, 0.6) is 5.75 Å². The van der Waals surface area contributed by atoms with Gasteiger partial charge in [-0.25, -0.2) is 4.98 Å². The molecule has 5 nitrogen and oxygen atoms in total. The van der Waals surface area contributed by atoms with Crippen LogP contribution < -0.4 is 4.74 Å². The molecule has 0 aliphatic carbocycles. The minimum Gasteiger partial charge on any atom is -0.483 e. The van der Waals surface area contributed by atoms with E-state index in [1.165, 1.54) is 0 Å². The van der Waals surface area contributed by atoms with Gasteiger partial charge >= 0.3 is 0 Å². The van der Waals surface area contributed by atoms with Crippen LogP contribution in [-0.2, 0) is 11.3 Å². The Bertz CT molecular complexity index is 845. The van der Waals surface area contributed by atoms with Gasteiger partial charge in [0.2, 0.25) is 0 Å². The van der Waals surface area contributed by atoms with Gasteiger partial charge in [0, 0.05) is 6.61 Å². The molecule has 3 rings (SSSR count). The zero-order valence-corrected chi connectivity index (χ0v) is 16.2. The topological polar surface area (TPSA) is 56.5 Å². The van der Waals surface area contributed by atoms with Crippen molar-refractivity contribution in [3.05, 3.63) is 60.4 Å². The Morgan fingerprint density at radius 3 is 2.41 bits per heavy atom. The highest BCUT2D eigenvalue weighted by molar-refractivity contribution is 5.76. The molecular formula is C22H28N2O3. The van der Waals surface area contributed by atoms with Gasteiger partial charge < -0.3 is 19.1 Å². The lowest BCUT2D eigenvalue weighted by Crippen LogP contribution is -2.25. The number of fused-ring (bicyclic) bond motifs is 1. The van der Waals surface area contributed by atoms with Gasteiger partial charge in [0.1, 0.15) is 5.75 Å². The quantitative estimate of drug-likeness (QED) is 0.615. The van der Waals surface area contributed by atoms with Gasteiger partial charge in [-0.3, -0.25) is 0 Å². The summed E-state index contributed by atoms with van der Waals surface area (Å²) in [6.07, 6.45) is -0.854. The van der Waals surface area contributed by atoms with Crippen LogP contribution in [0.15, 0.2) is 54.6 Å². The van der Waals surface area contributed by atoms with Crippen LogP contribution in [0.25, 0.3) is 11.0 Å². The summed E-state index contributed by atoms with van der Waals surface area (Å²) in [6, 6.07) is 17.6. The molecule has 0 spiro atoms. The van der Waals surface area contributed by atoms with Crippen LogP contribution in [0.2, 0.25) is 0 Å². The van der Waals surface area contributed by atoms with Crippen molar-refractivity contribution in [3.63, 3.8) is 0 Å². The lowest BCUT2D eigenvalue weighted by Gasteiger charge is -2.19. The first-order valence-electron chi connectivity index (χ1n) is 9.47. The Labute approximate surface area is 160 Å². The van der Waals surface area contributed by atoms with Crippen molar-refractivity contribution in [1.82, 2.24) is 9.55 Å². The number of hydrogen-bond donors (Lipinski definition) is 1. The van der Waals surface area contributed by atoms with E-state index in [0.29, 0.717) is 25.7 Å². The lowest BCUT2D eigenvalue weighted by atomic mass is 10.2. The molecule has 27 heavy (non-hydrogen) atoms. The summed E-state index contributed by atoms with van der Waals surface area (Å²) in [4.78, 5) is 4.76. The lowest BCUT2D eigenvalue weighted by molar-refractivity contribution is 0.0176. The van der Waals surface area contributed by atoms with Crippen LogP contribution in [0.3, 0.4) is 0 Å². The van der Waals surface area contributed by atoms with Gasteiger partial charge in [-0.15, -0.1) is 0 Å². The Morgan fingerprint density at radius 2 is 1.67 bits per heavy atom. The predicted octanol–water partition coefficient (Wildman–Crippen LogP) is 4.21. The number of hydrogen-bond acceptors (Lipinski definition) is 4. The van der Waals surface area contributed by atoms with Gasteiger partial charge in [-0.2, -0.15) is 0 Å². The number of rotatable bonds is 9. The van der Waals surface area contributed by atoms with E-state index >= 15 is 0 Å². The van der Waals surface area contributed by atoms with Gasteiger partial charge in [-0.1, -0.05) is 44.2 Å². The van der Waals surface area contributed by atoms with Crippen molar-refractivity contribution in [2.75, 3.05) is 13.2 Å². The summed E-state index contributed by atoms with van der Waals surface area (Å²) < 4.78 is 13.7. The van der Waals surface area contributed by atoms with E-state index in [1.54, 1.807) is 0 Å². The molecule has 144 valence electrons. The van der Waals surface area contributed by atoms with Crippen LogP contribution in [0.4, 0.5) is 0 Å². The minimum atomic E-state index is -0.607. The number of ether oxygens (including phenoxy) is 2. The van der Waals surface area contributed by atoms with E-state index in [0.717, 1.165) is 22.6 Å². The maximum atomic E-state index is 10.5. The Morgan fingerprint density at radius 1 is 0.963 bits per heavy atom. The fourth-order valence-corrected chi connectivity index (χ4v) is 3.06. The SMILES string of the molecule is CC(C)COCC(O)Cn1c(C(C)Oc2ccccc2)nc2ccccc21. The molecule has 0 aliphatic heterocycles. The normalized spacial score (nSPS) is 13.8. The van der Waals surface area contributed by atoms with E-state index in [-0.39, 0.29) is 6.10 Å². The molecule has 1 N–H and O–H groups in total. The summed E-state index contributed by atoms with van der Waals surface area (Å²) in [5, 5.41) is 10.5. The van der Waals surface area contributed by atoms with Gasteiger partial charge in [0.15, 0.2) is 11.9 Å². The molecule has 0 bridgehead atoms. The third-order valence-corrected chi connectivity index (χ3v) is 4.26. The molecule has 2 aromatic carbocycles. The van der Waals surface area contributed by atoms with E-state index in [1.807, 2.05) is 66.1 Å². The van der Waals surface area contributed by atoms with Crippen molar-refractivity contribution in [2.24, 2.45) is 5.92 Å². The zero-order valence-electron chi connectivity index (χ0n) is 16.2. The van der Waals surface area contributed by atoms with Crippen LogP contribution >= 0.6 is 0 Å². The summed E-state index contributed by atoms with van der Waals surface area (Å²) in [5.41, 5.74) is 1.88. The minimum absolute atomic E-state index is 0.247. The van der Waals surface area contributed by atoms with Crippen molar-refractivity contribution in [2.45, 2.75) is 39.5 Å². The standard InChI is InChI=1S/C22H28N2O3/c1-16(2)14-26-15-18(25)13-24-21-12-8-7-11-20(21)23-22(24)17(3)27-19-9-5-4-6-10-19/h4-12,16-18,25H,13-15H2,1-3H3. The molecule has 0 amide bonds. The monoisotopic (exact) mass is 368 g/mol. The fraction of sp³-hybridized carbons (Fsp3) is 0.409. The van der Waals surface area contributed by atoms with Crippen LogP contribution in [-0.4, -0.2) is 34.0 Å². The number of aliphatic hydroxyl groups excluding tert-OH is 1. The molecule has 0 radical (unpaired) electrons. The van der Waals surface area contributed by atoms with Crippen molar-refractivity contribution in [3.8, 4) is 5.75 Å². The average molecular weight is 368 g/mol. The molecule has 0 aliphatic rings. The second-order valence-electron chi connectivity index (χ2n) is 7.23. The largest absolute Gasteiger partial charge is 0.483 e. The maximum absolute atomic E-state index is 10.5. The number of aliphatic hydroxyl groups is 1. The Hall–Kier alpha value is -2.37. The third kappa shape index (κ3) is 5.08. The molecular weight excluding hydrogens is 340 g/mol. The van der Waals surface area contributed by atoms with Crippen LogP contribution in [0, 0.1) is 5.92 Å². The molecule has 0 saturated heterocycles. The van der Waals surface area contributed by atoms with Crippen LogP contribution in [0.1, 0.15) is 32.7 Å². The third-order valence-electron chi connectivity index (χ3n) is 4.26. The summed E-state index contributed by atoms with van der Waals surface area (Å²) >= 11 is 0. The molecule has 5 heteroatoms. The zero-order chi connectivity index (χ0) is 19.2. The van der Waals surface area contributed by atoms with Crippen molar-refractivity contribution < 1.29 is 14.6 Å². The molecule has 0 saturated carbocycles. The summed E-state index contributed by atoms with van der Waals surface area (Å²) in [6.45, 7) is 7.52. The number of nitrogens with zero attached hydrogens (tertiary/aromatic N) is 2. The summed E-state index contributed by atoms with van der Waals surface area (Å²) in [5.74, 6) is 2.04. The van der Waals surface area contributed by atoms with Crippen molar-refractivity contribution >= 4 is 11.0 Å². The van der Waals surface area contributed by atoms with E-state index < -0.39 is 6.10 Å². The smallest absolute Gasteiger partial charge is 0.153 e. The van der Waals surface area contributed by atoms with Crippen molar-refractivity contribution in [1.29, 1.82) is 0 Å². The highest BCUT2D eigenvalue weighted by atomic mass is 16.5. The number of aromatic nitrogens is 2. The second-order valence-corrected chi connectivity index (χ2v) is 7.23. The predicted molar refractivity (Wildman–Crippen MR) is 107 cm³/mol. The van der Waals surface area contributed by atoms with Gasteiger partial charge in [-0.05, 0) is 37.1 Å². The first-order chi connectivity index (χ1) is 13.0. The highest BCUT2D eigenvalue weighted by Crippen LogP contribution is 2.25. The number of benzene rings is 2. The van der Waals surface area contributed by atoms with Gasteiger partial charge in [0.05, 0.1) is 30.3 Å².